The molecule has 0 bridgehead atoms. The number of nitrogens with one attached hydrogen (secondary N) is 1. The molecule has 0 saturated heterocycles. The number of aromatic nitrogens is 2. The summed E-state index contributed by atoms with van der Waals surface area (Å²) in [6, 6.07) is 0.0334. The third-order valence-electron chi connectivity index (χ3n) is 5.13. The van der Waals surface area contributed by atoms with E-state index in [1.165, 1.54) is 96.3 Å². The lowest BCUT2D eigenvalue weighted by Crippen LogP contribution is -2.05. The first-order chi connectivity index (χ1) is 12.2. The quantitative estimate of drug-likeness (QED) is 0.302. The lowest BCUT2D eigenvalue weighted by molar-refractivity contribution is 0.531. The summed E-state index contributed by atoms with van der Waals surface area (Å²) < 4.78 is 0. The van der Waals surface area contributed by atoms with E-state index in [0.29, 0.717) is 0 Å². The first kappa shape index (κ1) is 22.2. The Kier molecular flexibility index (Phi) is 13.7. The van der Waals surface area contributed by atoms with Gasteiger partial charge in [0.25, 0.3) is 0 Å². The van der Waals surface area contributed by atoms with Crippen molar-refractivity contribution in [1.82, 2.24) is 9.97 Å². The van der Waals surface area contributed by atoms with Crippen molar-refractivity contribution in [3.05, 3.63) is 17.7 Å². The van der Waals surface area contributed by atoms with Gasteiger partial charge in [0.05, 0.1) is 5.69 Å². The van der Waals surface area contributed by atoms with Gasteiger partial charge in [-0.15, -0.1) is 0 Å². The van der Waals surface area contributed by atoms with Crippen LogP contribution in [0.3, 0.4) is 0 Å². The highest BCUT2D eigenvalue weighted by molar-refractivity contribution is 5.04. The molecule has 146 valence electrons. The molecule has 1 aromatic heterocycles. The van der Waals surface area contributed by atoms with Crippen LogP contribution in [0.15, 0.2) is 6.20 Å². The van der Waals surface area contributed by atoms with Crippen LogP contribution in [-0.2, 0) is 6.42 Å². The van der Waals surface area contributed by atoms with E-state index >= 15 is 0 Å². The molecule has 0 saturated carbocycles. The maximum absolute atomic E-state index is 5.83. The molecule has 3 nitrogen and oxygen atoms in total. The van der Waals surface area contributed by atoms with Gasteiger partial charge in [-0.05, 0) is 13.3 Å². The number of unbranched alkanes of at least 4 members (excludes halogenated alkanes) is 14. The SMILES string of the molecule is CCCCCCCCCCCCCCCCCc1nc(C(C)N)c[nH]1. The average Bonchev–Trinajstić information content (AvgIpc) is 3.07. The van der Waals surface area contributed by atoms with Gasteiger partial charge in [-0.1, -0.05) is 96.8 Å². The lowest BCUT2D eigenvalue weighted by Gasteiger charge is -2.03. The number of hydrogen-bond donors (Lipinski definition) is 2. The molecule has 1 rings (SSSR count). The van der Waals surface area contributed by atoms with Gasteiger partial charge in [0.1, 0.15) is 5.82 Å². The number of rotatable bonds is 17. The van der Waals surface area contributed by atoms with E-state index in [4.69, 9.17) is 5.73 Å². The Morgan fingerprint density at radius 3 is 1.64 bits per heavy atom. The van der Waals surface area contributed by atoms with Gasteiger partial charge in [0.15, 0.2) is 0 Å². The van der Waals surface area contributed by atoms with E-state index < -0.39 is 0 Å². The molecule has 0 spiro atoms. The smallest absolute Gasteiger partial charge is 0.106 e. The van der Waals surface area contributed by atoms with Crippen LogP contribution in [-0.4, -0.2) is 9.97 Å². The fourth-order valence-corrected chi connectivity index (χ4v) is 3.40. The van der Waals surface area contributed by atoms with Crippen molar-refractivity contribution < 1.29 is 0 Å². The second-order valence-electron chi connectivity index (χ2n) is 7.76. The number of aromatic amines is 1. The standard InChI is InChI=1S/C22H43N3/c1-3-4-5-6-7-8-9-10-11-12-13-14-15-16-17-18-22-24-19-21(25-22)20(2)23/h19-20H,3-18,23H2,1-2H3,(H,24,25). The van der Waals surface area contributed by atoms with Gasteiger partial charge in [-0.2, -0.15) is 0 Å². The fourth-order valence-electron chi connectivity index (χ4n) is 3.40. The number of H-pyrrole nitrogens is 1. The van der Waals surface area contributed by atoms with Crippen molar-refractivity contribution in [2.24, 2.45) is 5.73 Å². The van der Waals surface area contributed by atoms with E-state index in [-0.39, 0.29) is 6.04 Å². The number of imidazole rings is 1. The molecular formula is C22H43N3. The van der Waals surface area contributed by atoms with Crippen LogP contribution in [0.25, 0.3) is 0 Å². The third-order valence-corrected chi connectivity index (χ3v) is 5.13. The zero-order valence-corrected chi connectivity index (χ0v) is 17.0. The summed E-state index contributed by atoms with van der Waals surface area (Å²) in [5, 5.41) is 0. The Hall–Kier alpha value is -0.830. The fraction of sp³-hybridized carbons (Fsp3) is 0.864. The largest absolute Gasteiger partial charge is 0.348 e. The maximum Gasteiger partial charge on any atom is 0.106 e. The monoisotopic (exact) mass is 349 g/mol. The molecule has 0 amide bonds. The number of nitrogens with zero attached hydrogens (tertiary/aromatic N) is 1. The van der Waals surface area contributed by atoms with Crippen LogP contribution < -0.4 is 5.73 Å². The Morgan fingerprint density at radius 2 is 1.24 bits per heavy atom. The average molecular weight is 350 g/mol. The van der Waals surface area contributed by atoms with E-state index in [1.54, 1.807) is 0 Å². The lowest BCUT2D eigenvalue weighted by atomic mass is 10.0. The first-order valence-corrected chi connectivity index (χ1v) is 11.0. The summed E-state index contributed by atoms with van der Waals surface area (Å²) in [5.74, 6) is 1.10. The van der Waals surface area contributed by atoms with Crippen molar-refractivity contribution in [2.75, 3.05) is 0 Å². The van der Waals surface area contributed by atoms with E-state index in [0.717, 1.165) is 17.9 Å². The van der Waals surface area contributed by atoms with Crippen LogP contribution in [0.4, 0.5) is 0 Å². The van der Waals surface area contributed by atoms with Crippen LogP contribution >= 0.6 is 0 Å². The molecular weight excluding hydrogens is 306 g/mol. The second kappa shape index (κ2) is 15.4. The molecule has 0 aliphatic carbocycles. The molecule has 3 heteroatoms. The molecule has 1 heterocycles. The maximum atomic E-state index is 5.83. The summed E-state index contributed by atoms with van der Waals surface area (Å²) in [4.78, 5) is 7.78. The highest BCUT2D eigenvalue weighted by Crippen LogP contribution is 2.14. The Morgan fingerprint density at radius 1 is 0.800 bits per heavy atom. The van der Waals surface area contributed by atoms with Gasteiger partial charge in [-0.25, -0.2) is 4.98 Å². The molecule has 0 aliphatic heterocycles. The predicted molar refractivity (Wildman–Crippen MR) is 110 cm³/mol. The minimum atomic E-state index is 0.0334. The summed E-state index contributed by atoms with van der Waals surface area (Å²) in [6.07, 6.45) is 24.2. The number of hydrogen-bond acceptors (Lipinski definition) is 2. The topological polar surface area (TPSA) is 54.7 Å². The molecule has 0 aliphatic rings. The van der Waals surface area contributed by atoms with Gasteiger partial charge in [0.2, 0.25) is 0 Å². The van der Waals surface area contributed by atoms with Crippen LogP contribution in [0.1, 0.15) is 128 Å². The molecule has 3 N–H and O–H groups in total. The minimum absolute atomic E-state index is 0.0334. The molecule has 1 unspecified atom stereocenters. The predicted octanol–water partition coefficient (Wildman–Crippen LogP) is 6.84. The van der Waals surface area contributed by atoms with Crippen LogP contribution in [0.2, 0.25) is 0 Å². The van der Waals surface area contributed by atoms with Crippen molar-refractivity contribution in [3.63, 3.8) is 0 Å². The van der Waals surface area contributed by atoms with E-state index in [9.17, 15) is 0 Å². The third kappa shape index (κ3) is 12.2. The zero-order valence-electron chi connectivity index (χ0n) is 17.0. The second-order valence-corrected chi connectivity index (χ2v) is 7.76. The van der Waals surface area contributed by atoms with Gasteiger partial charge in [0, 0.05) is 18.7 Å². The Labute approximate surface area is 156 Å². The summed E-state index contributed by atoms with van der Waals surface area (Å²) >= 11 is 0. The summed E-state index contributed by atoms with van der Waals surface area (Å²) in [5.41, 5.74) is 6.81. The highest BCUT2D eigenvalue weighted by atomic mass is 14.9. The number of aryl methyl sites for hydroxylation is 1. The highest BCUT2D eigenvalue weighted by Gasteiger charge is 2.04. The Balaban J connectivity index is 1.78. The van der Waals surface area contributed by atoms with E-state index in [2.05, 4.69) is 16.9 Å². The number of nitrogens with two attached hydrogens (primary N) is 1. The van der Waals surface area contributed by atoms with E-state index in [1.807, 2.05) is 13.1 Å². The molecule has 1 aromatic rings. The first-order valence-electron chi connectivity index (χ1n) is 11.0. The zero-order chi connectivity index (χ0) is 18.2. The summed E-state index contributed by atoms with van der Waals surface area (Å²) in [6.45, 7) is 4.27. The minimum Gasteiger partial charge on any atom is -0.348 e. The van der Waals surface area contributed by atoms with Gasteiger partial charge in [-0.3, -0.25) is 0 Å². The van der Waals surface area contributed by atoms with Crippen molar-refractivity contribution >= 4 is 0 Å². The normalized spacial score (nSPS) is 12.6. The molecule has 1 atom stereocenters. The molecule has 0 fully saturated rings. The van der Waals surface area contributed by atoms with Gasteiger partial charge < -0.3 is 10.7 Å². The van der Waals surface area contributed by atoms with Crippen LogP contribution in [0.5, 0.6) is 0 Å². The molecule has 25 heavy (non-hydrogen) atoms. The molecule has 0 aromatic carbocycles. The van der Waals surface area contributed by atoms with Crippen molar-refractivity contribution in [2.45, 2.75) is 123 Å². The van der Waals surface area contributed by atoms with Crippen molar-refractivity contribution in [1.29, 1.82) is 0 Å². The molecule has 0 radical (unpaired) electrons. The van der Waals surface area contributed by atoms with Crippen LogP contribution in [0, 0.1) is 0 Å². The Bertz CT molecular complexity index is 398. The van der Waals surface area contributed by atoms with Crippen molar-refractivity contribution in [3.8, 4) is 0 Å². The van der Waals surface area contributed by atoms with Gasteiger partial charge >= 0.3 is 0 Å². The summed E-state index contributed by atoms with van der Waals surface area (Å²) in [7, 11) is 0.